The zero-order valence-electron chi connectivity index (χ0n) is 18.6. The summed E-state index contributed by atoms with van der Waals surface area (Å²) in [4.78, 5) is 20.7. The van der Waals surface area contributed by atoms with Gasteiger partial charge in [0.15, 0.2) is 0 Å². The summed E-state index contributed by atoms with van der Waals surface area (Å²) >= 11 is 6.56. The second-order valence-electron chi connectivity index (χ2n) is 8.72. The van der Waals surface area contributed by atoms with Crippen molar-refractivity contribution in [1.29, 1.82) is 0 Å². The van der Waals surface area contributed by atoms with Gasteiger partial charge in [0, 0.05) is 56.0 Å². The number of piperazine rings is 1. The number of para-hydroxylation sites is 1. The third kappa shape index (κ3) is 4.28. The molecular weight excluding hydrogens is 436 g/mol. The Kier molecular flexibility index (Phi) is 5.96. The lowest BCUT2D eigenvalue weighted by Crippen LogP contribution is -2.49. The molecule has 0 aliphatic carbocycles. The molecule has 1 atom stereocenters. The van der Waals surface area contributed by atoms with E-state index in [-0.39, 0.29) is 11.7 Å². The minimum atomic E-state index is 0.0990. The van der Waals surface area contributed by atoms with Gasteiger partial charge in [-0.25, -0.2) is 4.98 Å². The quantitative estimate of drug-likeness (QED) is 0.588. The third-order valence-corrected chi connectivity index (χ3v) is 6.71. The molecule has 2 saturated heterocycles. The fourth-order valence-electron chi connectivity index (χ4n) is 4.70. The predicted octanol–water partition coefficient (Wildman–Crippen LogP) is 4.70. The van der Waals surface area contributed by atoms with Crippen molar-refractivity contribution in [1.82, 2.24) is 10.3 Å². The van der Waals surface area contributed by atoms with Gasteiger partial charge in [0.05, 0.1) is 10.7 Å². The molecule has 3 aromatic rings. The van der Waals surface area contributed by atoms with Gasteiger partial charge in [-0.3, -0.25) is 4.79 Å². The summed E-state index contributed by atoms with van der Waals surface area (Å²) in [7, 11) is 0. The number of carbonyl (C=O) groups is 1. The Morgan fingerprint density at radius 1 is 1.09 bits per heavy atom. The monoisotopic (exact) mass is 462 g/mol. The van der Waals surface area contributed by atoms with Gasteiger partial charge in [0.2, 0.25) is 5.91 Å². The van der Waals surface area contributed by atoms with E-state index in [2.05, 4.69) is 22.1 Å². The van der Waals surface area contributed by atoms with Crippen molar-refractivity contribution in [2.24, 2.45) is 0 Å². The first-order valence-electron chi connectivity index (χ1n) is 11.4. The Balaban J connectivity index is 1.47. The molecule has 2 aromatic carbocycles. The summed E-state index contributed by atoms with van der Waals surface area (Å²) in [5.41, 5.74) is 3.88. The van der Waals surface area contributed by atoms with Crippen molar-refractivity contribution >= 4 is 29.0 Å². The number of aromatic hydroxyl groups is 1. The lowest BCUT2D eigenvalue weighted by Gasteiger charge is -2.32. The van der Waals surface area contributed by atoms with Crippen molar-refractivity contribution in [3.63, 3.8) is 0 Å². The van der Waals surface area contributed by atoms with Crippen LogP contribution in [0, 0.1) is 0 Å². The van der Waals surface area contributed by atoms with Crippen molar-refractivity contribution in [2.45, 2.75) is 25.8 Å². The maximum atomic E-state index is 12.1. The number of nitrogens with zero attached hydrogens (tertiary/aromatic N) is 3. The smallest absolute Gasteiger partial charge is 0.227 e. The van der Waals surface area contributed by atoms with Gasteiger partial charge in [0.1, 0.15) is 11.6 Å². The molecule has 0 bridgehead atoms. The van der Waals surface area contributed by atoms with E-state index in [9.17, 15) is 9.90 Å². The maximum Gasteiger partial charge on any atom is 0.227 e. The van der Waals surface area contributed by atoms with Crippen LogP contribution in [0.3, 0.4) is 0 Å². The number of nitrogens with one attached hydrogen (secondary N) is 1. The summed E-state index contributed by atoms with van der Waals surface area (Å²) in [6.07, 6.45) is 3.20. The summed E-state index contributed by atoms with van der Waals surface area (Å²) in [5, 5.41) is 15.2. The highest BCUT2D eigenvalue weighted by Gasteiger charge is 2.24. The summed E-state index contributed by atoms with van der Waals surface area (Å²) in [6.45, 7) is 5.58. The van der Waals surface area contributed by atoms with Crippen LogP contribution in [0.15, 0.2) is 54.7 Å². The number of carbonyl (C=O) groups excluding carboxylic acids is 1. The summed E-state index contributed by atoms with van der Waals surface area (Å²) in [5.74, 6) is 1.21. The Hall–Kier alpha value is -3.09. The molecule has 1 aromatic heterocycles. The normalized spacial score (nSPS) is 18.7. The standard InChI is InChI=1S/C26H27ClN4O2/c1-17-16-30(13-11-28-17)24-15-19(9-10-29-24)21-5-2-4-20(26(21)33)18-7-8-23(22(27)14-18)31-12-3-6-25(31)32/h2,4-5,7-10,14-15,17,28,33H,3,6,11-13,16H2,1H3/t17-/m1/s1. The van der Waals surface area contributed by atoms with E-state index in [1.54, 1.807) is 11.1 Å². The van der Waals surface area contributed by atoms with E-state index in [1.807, 2.05) is 48.5 Å². The first-order valence-corrected chi connectivity index (χ1v) is 11.8. The van der Waals surface area contributed by atoms with Gasteiger partial charge in [-0.15, -0.1) is 0 Å². The minimum Gasteiger partial charge on any atom is -0.507 e. The van der Waals surface area contributed by atoms with Gasteiger partial charge in [-0.1, -0.05) is 35.9 Å². The number of halogens is 1. The number of anilines is 2. The molecule has 0 spiro atoms. The maximum absolute atomic E-state index is 12.1. The highest BCUT2D eigenvalue weighted by Crippen LogP contribution is 2.41. The average Bonchev–Trinajstić information content (AvgIpc) is 3.25. The summed E-state index contributed by atoms with van der Waals surface area (Å²) in [6, 6.07) is 15.7. The van der Waals surface area contributed by atoms with Gasteiger partial charge in [0.25, 0.3) is 0 Å². The molecule has 33 heavy (non-hydrogen) atoms. The van der Waals surface area contributed by atoms with E-state index in [1.165, 1.54) is 0 Å². The molecule has 2 fully saturated rings. The minimum absolute atomic E-state index is 0.0990. The third-order valence-electron chi connectivity index (χ3n) is 6.41. The molecule has 0 unspecified atom stereocenters. The first kappa shape index (κ1) is 21.7. The molecule has 0 radical (unpaired) electrons. The largest absolute Gasteiger partial charge is 0.507 e. The zero-order chi connectivity index (χ0) is 22.9. The van der Waals surface area contributed by atoms with Gasteiger partial charge >= 0.3 is 0 Å². The molecule has 170 valence electrons. The predicted molar refractivity (Wildman–Crippen MR) is 133 cm³/mol. The molecule has 7 heteroatoms. The number of phenols is 1. The molecule has 3 heterocycles. The topological polar surface area (TPSA) is 68.7 Å². The van der Waals surface area contributed by atoms with Crippen LogP contribution < -0.4 is 15.1 Å². The molecule has 2 N–H and O–H groups in total. The van der Waals surface area contributed by atoms with Crippen LogP contribution in [0.5, 0.6) is 5.75 Å². The number of hydrogen-bond donors (Lipinski definition) is 2. The highest BCUT2D eigenvalue weighted by molar-refractivity contribution is 6.34. The second kappa shape index (κ2) is 9.04. The SMILES string of the molecule is C[C@@H]1CN(c2cc(-c3cccc(-c4ccc(N5CCCC5=O)c(Cl)c4)c3O)ccn2)CCN1. The van der Waals surface area contributed by atoms with Crippen LogP contribution in [0.1, 0.15) is 19.8 Å². The number of aromatic nitrogens is 1. The number of hydrogen-bond acceptors (Lipinski definition) is 5. The van der Waals surface area contributed by atoms with E-state index in [0.29, 0.717) is 29.6 Å². The van der Waals surface area contributed by atoms with E-state index in [4.69, 9.17) is 11.6 Å². The number of benzene rings is 2. The van der Waals surface area contributed by atoms with Crippen molar-refractivity contribution in [2.75, 3.05) is 36.0 Å². The number of phenolic OH excluding ortho intramolecular Hbond substituents is 1. The molecule has 6 nitrogen and oxygen atoms in total. The Bertz CT molecular complexity index is 1200. The molecule has 5 rings (SSSR count). The van der Waals surface area contributed by atoms with E-state index in [0.717, 1.165) is 54.3 Å². The Morgan fingerprint density at radius 2 is 1.88 bits per heavy atom. The number of pyridine rings is 1. The molecular formula is C26H27ClN4O2. The van der Waals surface area contributed by atoms with E-state index < -0.39 is 0 Å². The molecule has 0 saturated carbocycles. The summed E-state index contributed by atoms with van der Waals surface area (Å²) < 4.78 is 0. The van der Waals surface area contributed by atoms with Gasteiger partial charge < -0.3 is 20.2 Å². The molecule has 1 amide bonds. The van der Waals surface area contributed by atoms with Crippen LogP contribution in [-0.4, -0.2) is 48.2 Å². The zero-order valence-corrected chi connectivity index (χ0v) is 19.3. The first-order chi connectivity index (χ1) is 16.0. The van der Waals surface area contributed by atoms with Crippen molar-refractivity contribution in [3.05, 3.63) is 59.8 Å². The van der Waals surface area contributed by atoms with Gasteiger partial charge in [-0.2, -0.15) is 0 Å². The van der Waals surface area contributed by atoms with Crippen molar-refractivity contribution < 1.29 is 9.90 Å². The Labute approximate surface area is 198 Å². The highest BCUT2D eigenvalue weighted by atomic mass is 35.5. The van der Waals surface area contributed by atoms with Gasteiger partial charge in [-0.05, 0) is 48.7 Å². The van der Waals surface area contributed by atoms with Crippen LogP contribution in [0.25, 0.3) is 22.3 Å². The lowest BCUT2D eigenvalue weighted by atomic mass is 9.97. The van der Waals surface area contributed by atoms with Crippen LogP contribution in [0.2, 0.25) is 5.02 Å². The fraction of sp³-hybridized carbons (Fsp3) is 0.308. The lowest BCUT2D eigenvalue weighted by molar-refractivity contribution is -0.117. The molecule has 2 aliphatic heterocycles. The molecule has 2 aliphatic rings. The van der Waals surface area contributed by atoms with Crippen LogP contribution >= 0.6 is 11.6 Å². The van der Waals surface area contributed by atoms with Crippen LogP contribution in [0.4, 0.5) is 11.5 Å². The Morgan fingerprint density at radius 3 is 2.58 bits per heavy atom. The number of amides is 1. The average molecular weight is 463 g/mol. The fourth-order valence-corrected chi connectivity index (χ4v) is 4.99. The van der Waals surface area contributed by atoms with Crippen molar-refractivity contribution in [3.8, 4) is 28.0 Å². The van der Waals surface area contributed by atoms with E-state index >= 15 is 0 Å². The number of rotatable bonds is 4. The van der Waals surface area contributed by atoms with Crippen LogP contribution in [-0.2, 0) is 4.79 Å². The second-order valence-corrected chi connectivity index (χ2v) is 9.13.